The zero-order valence-corrected chi connectivity index (χ0v) is 18.5. The van der Waals surface area contributed by atoms with Gasteiger partial charge < -0.3 is 40.9 Å². The Hall–Kier alpha value is -1.63. The minimum absolute atomic E-state index is 0.0698. The molecular weight excluding hydrogens is 501 g/mol. The summed E-state index contributed by atoms with van der Waals surface area (Å²) in [6, 6.07) is 2.16. The summed E-state index contributed by atoms with van der Waals surface area (Å²) in [5.74, 6) is 2.45. The Morgan fingerprint density at radius 1 is 1.22 bits per heavy atom. The van der Waals surface area contributed by atoms with Crippen LogP contribution in [-0.2, 0) is 38.0 Å². The number of anilines is 1. The summed E-state index contributed by atoms with van der Waals surface area (Å²) < 4.78 is 51.7. The first kappa shape index (κ1) is 26.6. The van der Waals surface area contributed by atoms with Crippen molar-refractivity contribution in [3.05, 3.63) is 22.2 Å². The van der Waals surface area contributed by atoms with Gasteiger partial charge in [-0.15, -0.1) is 0 Å². The summed E-state index contributed by atoms with van der Waals surface area (Å²) in [6.07, 6.45) is -2.56. The van der Waals surface area contributed by atoms with Crippen molar-refractivity contribution >= 4 is 29.3 Å². The molecule has 0 radical (unpaired) electrons. The zero-order valence-electron chi connectivity index (χ0n) is 15.8. The van der Waals surface area contributed by atoms with Crippen molar-refractivity contribution in [2.75, 3.05) is 12.3 Å². The molecular formula is C12H19N4O13P3. The minimum Gasteiger partial charge on any atom is -0.390 e. The van der Waals surface area contributed by atoms with Crippen LogP contribution >= 0.6 is 23.5 Å². The smallest absolute Gasteiger partial charge is 0.390 e. The Labute approximate surface area is 179 Å². The van der Waals surface area contributed by atoms with Crippen LogP contribution in [0.3, 0.4) is 0 Å². The molecule has 0 amide bonds. The second-order valence-electron chi connectivity index (χ2n) is 6.16. The van der Waals surface area contributed by atoms with Gasteiger partial charge in [-0.2, -0.15) is 13.6 Å². The number of aliphatic hydroxyl groups is 1. The second-order valence-corrected chi connectivity index (χ2v) is 10.6. The van der Waals surface area contributed by atoms with Gasteiger partial charge in [0.15, 0.2) is 0 Å². The fourth-order valence-corrected chi connectivity index (χ4v) is 5.55. The fraction of sp³-hybridized carbons (Fsp3) is 0.500. The maximum atomic E-state index is 12.1. The van der Waals surface area contributed by atoms with Crippen LogP contribution < -0.4 is 17.2 Å². The molecule has 180 valence electrons. The van der Waals surface area contributed by atoms with E-state index in [1.807, 2.05) is 0 Å². The molecule has 0 bridgehead atoms. The molecule has 1 saturated heterocycles. The van der Waals surface area contributed by atoms with Crippen LogP contribution in [0.1, 0.15) is 18.2 Å². The number of ether oxygens (including phenoxy) is 1. The molecule has 17 nitrogen and oxygen atoms in total. The maximum Gasteiger partial charge on any atom is 0.490 e. The number of aliphatic hydroxyl groups excluding tert-OH is 1. The number of nitrogen functional groups attached to an aromatic ring is 1. The standard InChI is InChI=1S/C12H19N4O13P3/c13-3-1-2-7-5-16(12(18)15-11(7)14)10-4-8(17)9(27-10)6-26-31(22,23)29-32(24,25)28-30(19,20)21/h5,8-10,17H,2,4,6,13H2,(H,22,23)(H,24,25)(H2,14,15,18)(H2,19,20,21)/t8-,9+,10+/m0/s1. The SMILES string of the molecule is NC#CCc1cn([C@H]2C[C@H](O)[C@@H](COP(=O)(O)OP(=O)(O)OP(=O)(O)O)O2)c(=O)nc1N. The van der Waals surface area contributed by atoms with Crippen molar-refractivity contribution < 1.29 is 56.3 Å². The second kappa shape index (κ2) is 10.1. The molecule has 1 fully saturated rings. The predicted octanol–water partition coefficient (Wildman–Crippen LogP) is -1.72. The van der Waals surface area contributed by atoms with E-state index < -0.39 is 54.2 Å². The molecule has 0 aromatic carbocycles. The fourth-order valence-electron chi connectivity index (χ4n) is 2.52. The van der Waals surface area contributed by atoms with Gasteiger partial charge in [0.1, 0.15) is 18.1 Å². The maximum absolute atomic E-state index is 12.1. The summed E-state index contributed by atoms with van der Waals surface area (Å²) >= 11 is 0. The van der Waals surface area contributed by atoms with Gasteiger partial charge in [0.25, 0.3) is 0 Å². The first-order valence-corrected chi connectivity index (χ1v) is 12.8. The number of phosphoric acid groups is 3. The van der Waals surface area contributed by atoms with Crippen LogP contribution in [0.15, 0.2) is 11.0 Å². The number of hydrogen-bond acceptors (Lipinski definition) is 12. The Bertz CT molecular complexity index is 1110. The van der Waals surface area contributed by atoms with Gasteiger partial charge in [0.2, 0.25) is 0 Å². The highest BCUT2D eigenvalue weighted by Crippen LogP contribution is 2.66. The summed E-state index contributed by atoms with van der Waals surface area (Å²) in [5.41, 5.74) is 10.3. The summed E-state index contributed by atoms with van der Waals surface area (Å²) in [4.78, 5) is 51.3. The lowest BCUT2D eigenvalue weighted by molar-refractivity contribution is -0.0450. The average Bonchev–Trinajstić information content (AvgIpc) is 2.97. The largest absolute Gasteiger partial charge is 0.490 e. The number of phosphoric ester groups is 1. The lowest BCUT2D eigenvalue weighted by atomic mass is 10.2. The van der Waals surface area contributed by atoms with Crippen LogP contribution in [0.25, 0.3) is 0 Å². The van der Waals surface area contributed by atoms with Crippen LogP contribution in [0.2, 0.25) is 0 Å². The van der Waals surface area contributed by atoms with Crippen LogP contribution in [0.5, 0.6) is 0 Å². The van der Waals surface area contributed by atoms with Gasteiger partial charge >= 0.3 is 29.2 Å². The predicted molar refractivity (Wildman–Crippen MR) is 103 cm³/mol. The van der Waals surface area contributed by atoms with Crippen molar-refractivity contribution in [1.82, 2.24) is 9.55 Å². The normalized spacial score (nSPS) is 24.8. The molecule has 9 N–H and O–H groups in total. The molecule has 1 aliphatic heterocycles. The number of aromatic nitrogens is 2. The monoisotopic (exact) mass is 520 g/mol. The summed E-state index contributed by atoms with van der Waals surface area (Å²) in [6.45, 7) is -0.885. The van der Waals surface area contributed by atoms with Crippen molar-refractivity contribution in [3.63, 3.8) is 0 Å². The molecule has 1 aromatic rings. The van der Waals surface area contributed by atoms with Crippen LogP contribution in [0, 0.1) is 12.0 Å². The van der Waals surface area contributed by atoms with Crippen molar-refractivity contribution in [1.29, 1.82) is 0 Å². The van der Waals surface area contributed by atoms with Gasteiger partial charge in [-0.05, 0) is 0 Å². The number of hydrogen-bond donors (Lipinski definition) is 7. The molecule has 0 aliphatic carbocycles. The van der Waals surface area contributed by atoms with E-state index >= 15 is 0 Å². The first-order chi connectivity index (χ1) is 14.6. The van der Waals surface area contributed by atoms with Crippen molar-refractivity contribution in [2.45, 2.75) is 31.3 Å². The minimum atomic E-state index is -5.69. The van der Waals surface area contributed by atoms with Gasteiger partial charge in [-0.25, -0.2) is 18.5 Å². The molecule has 2 rings (SSSR count). The van der Waals surface area contributed by atoms with E-state index in [0.717, 1.165) is 4.57 Å². The van der Waals surface area contributed by atoms with Gasteiger partial charge in [-0.1, -0.05) is 5.92 Å². The Balaban J connectivity index is 2.07. The molecule has 5 atom stereocenters. The first-order valence-electron chi connectivity index (χ1n) is 8.30. The molecule has 1 aliphatic rings. The van der Waals surface area contributed by atoms with E-state index in [2.05, 4.69) is 30.1 Å². The molecule has 2 heterocycles. The molecule has 2 unspecified atom stereocenters. The van der Waals surface area contributed by atoms with E-state index in [0.29, 0.717) is 5.56 Å². The molecule has 20 heteroatoms. The lowest BCUT2D eigenvalue weighted by Crippen LogP contribution is -2.29. The highest BCUT2D eigenvalue weighted by molar-refractivity contribution is 7.66. The topological polar surface area (TPSA) is 276 Å². The molecule has 1 aromatic heterocycles. The van der Waals surface area contributed by atoms with E-state index in [-0.39, 0.29) is 18.7 Å². The highest BCUT2D eigenvalue weighted by Gasteiger charge is 2.43. The van der Waals surface area contributed by atoms with Crippen molar-refractivity contribution in [2.24, 2.45) is 5.73 Å². The Kier molecular flexibility index (Phi) is 8.41. The average molecular weight is 520 g/mol. The third-order valence-electron chi connectivity index (χ3n) is 3.77. The van der Waals surface area contributed by atoms with E-state index in [1.165, 1.54) is 6.20 Å². The number of nitrogens with two attached hydrogens (primary N) is 2. The zero-order chi connectivity index (χ0) is 24.3. The van der Waals surface area contributed by atoms with Gasteiger partial charge in [0, 0.05) is 30.6 Å². The molecule has 32 heavy (non-hydrogen) atoms. The molecule has 0 spiro atoms. The van der Waals surface area contributed by atoms with E-state index in [9.17, 15) is 28.5 Å². The Morgan fingerprint density at radius 3 is 2.47 bits per heavy atom. The third-order valence-corrected chi connectivity index (χ3v) is 7.58. The highest BCUT2D eigenvalue weighted by atomic mass is 31.3. The number of nitrogens with zero attached hydrogens (tertiary/aromatic N) is 2. The van der Waals surface area contributed by atoms with E-state index in [1.54, 1.807) is 0 Å². The van der Waals surface area contributed by atoms with Gasteiger partial charge in [0.05, 0.1) is 12.7 Å². The quantitative estimate of drug-likeness (QED) is 0.108. The van der Waals surface area contributed by atoms with Crippen LogP contribution in [0.4, 0.5) is 5.82 Å². The summed E-state index contributed by atoms with van der Waals surface area (Å²) in [7, 11) is -16.6. The lowest BCUT2D eigenvalue weighted by Gasteiger charge is -2.19. The summed E-state index contributed by atoms with van der Waals surface area (Å²) in [5, 5.41) is 10.1. The third kappa shape index (κ3) is 7.75. The van der Waals surface area contributed by atoms with Crippen molar-refractivity contribution in [3.8, 4) is 12.0 Å². The van der Waals surface area contributed by atoms with E-state index in [4.69, 9.17) is 30.9 Å². The van der Waals surface area contributed by atoms with Gasteiger partial charge in [-0.3, -0.25) is 9.09 Å². The Morgan fingerprint density at radius 2 is 1.88 bits per heavy atom. The molecule has 0 saturated carbocycles. The van der Waals surface area contributed by atoms with Crippen LogP contribution in [-0.4, -0.2) is 53.0 Å². The number of rotatable bonds is 9.